The molecule has 1 aromatic carbocycles. The maximum atomic E-state index is 12.8. The lowest BCUT2D eigenvalue weighted by molar-refractivity contribution is 0.0369. The van der Waals surface area contributed by atoms with Crippen molar-refractivity contribution >= 4 is 24.3 Å². The van der Waals surface area contributed by atoms with Gasteiger partial charge < -0.3 is 24.7 Å². The number of urea groups is 1. The third kappa shape index (κ3) is 4.69. The van der Waals surface area contributed by atoms with E-state index in [2.05, 4.69) is 75.1 Å². The Morgan fingerprint density at radius 1 is 1.16 bits per heavy atom. The van der Waals surface area contributed by atoms with Crippen molar-refractivity contribution in [2.75, 3.05) is 50.5 Å². The Hall–Kier alpha value is -1.99. The van der Waals surface area contributed by atoms with Crippen LogP contribution >= 0.6 is 0 Å². The van der Waals surface area contributed by atoms with Crippen molar-refractivity contribution in [3.8, 4) is 0 Å². The van der Waals surface area contributed by atoms with E-state index in [1.54, 1.807) is 0 Å². The number of nitrogens with one attached hydrogen (secondary N) is 1. The molecule has 0 aliphatic carbocycles. The molecule has 2 amide bonds. The topological polar surface area (TPSA) is 48.0 Å². The average Bonchev–Trinajstić information content (AvgIpc) is 3.31. The number of rotatable bonds is 4. The van der Waals surface area contributed by atoms with Gasteiger partial charge in [0, 0.05) is 43.6 Å². The third-order valence-electron chi connectivity index (χ3n) is 8.08. The molecule has 0 aromatic heterocycles. The van der Waals surface area contributed by atoms with Crippen molar-refractivity contribution in [2.24, 2.45) is 5.41 Å². The van der Waals surface area contributed by atoms with Crippen LogP contribution in [0.1, 0.15) is 40.5 Å². The Labute approximate surface area is 194 Å². The van der Waals surface area contributed by atoms with E-state index in [1.807, 2.05) is 17.0 Å². The van der Waals surface area contributed by atoms with Gasteiger partial charge in [0.05, 0.1) is 5.60 Å². The molecular weight excluding hydrogens is 399 g/mol. The fraction of sp³-hybridized carbons (Fsp3) is 0.640. The number of carbonyl (C=O) groups is 1. The van der Waals surface area contributed by atoms with E-state index in [0.29, 0.717) is 12.6 Å². The summed E-state index contributed by atoms with van der Waals surface area (Å²) in [5.41, 5.74) is 3.45. The maximum absolute atomic E-state index is 12.8. The number of benzene rings is 1. The summed E-state index contributed by atoms with van der Waals surface area (Å²) in [5, 5.41) is 3.07. The largest absolute Gasteiger partial charge is 0.426 e. The Balaban J connectivity index is 1.30. The van der Waals surface area contributed by atoms with Gasteiger partial charge in [0.2, 0.25) is 0 Å². The normalized spacial score (nSPS) is 24.8. The van der Waals surface area contributed by atoms with E-state index in [4.69, 9.17) is 4.65 Å². The van der Waals surface area contributed by atoms with Gasteiger partial charge in [-0.1, -0.05) is 25.4 Å². The molecule has 0 saturated carbocycles. The highest BCUT2D eigenvalue weighted by molar-refractivity contribution is 6.61. The molecule has 2 saturated heterocycles. The van der Waals surface area contributed by atoms with E-state index in [9.17, 15) is 4.79 Å². The summed E-state index contributed by atoms with van der Waals surface area (Å²) in [6.45, 7) is 12.6. The number of anilines is 2. The van der Waals surface area contributed by atoms with Gasteiger partial charge in [0.25, 0.3) is 0 Å². The molecule has 3 heterocycles. The first-order valence-corrected chi connectivity index (χ1v) is 12.0. The number of hydrogen-bond donors (Lipinski definition) is 1. The second kappa shape index (κ2) is 8.75. The highest BCUT2D eigenvalue weighted by Crippen LogP contribution is 2.47. The number of hydrogen-bond acceptors (Lipinski definition) is 4. The average molecular weight is 438 g/mol. The predicted molar refractivity (Wildman–Crippen MR) is 134 cm³/mol. The summed E-state index contributed by atoms with van der Waals surface area (Å²) < 4.78 is 6.37. The summed E-state index contributed by atoms with van der Waals surface area (Å²) in [6.07, 6.45) is 5.31. The van der Waals surface area contributed by atoms with E-state index in [1.165, 1.54) is 17.6 Å². The first kappa shape index (κ1) is 23.2. The first-order valence-electron chi connectivity index (χ1n) is 12.0. The molecule has 7 heteroatoms. The first-order chi connectivity index (χ1) is 15.1. The van der Waals surface area contributed by atoms with E-state index < -0.39 is 0 Å². The zero-order chi connectivity index (χ0) is 23.1. The molecule has 1 unspecified atom stereocenters. The zero-order valence-corrected chi connectivity index (χ0v) is 20.6. The smallest absolute Gasteiger partial charge is 0.323 e. The van der Waals surface area contributed by atoms with E-state index in [0.717, 1.165) is 38.1 Å². The SMILES string of the molecule is CN(C)C1CCN(c2ccc(NC(=O)N3CC=C(B4CC(C)(C)C(C)(C)O4)CC3)cc2)C1. The summed E-state index contributed by atoms with van der Waals surface area (Å²) >= 11 is 0. The van der Waals surface area contributed by atoms with Crippen molar-refractivity contribution < 1.29 is 9.45 Å². The second-order valence-electron chi connectivity index (χ2n) is 11.0. The third-order valence-corrected chi connectivity index (χ3v) is 8.08. The van der Waals surface area contributed by atoms with Crippen LogP contribution < -0.4 is 10.2 Å². The van der Waals surface area contributed by atoms with Crippen LogP contribution in [0.4, 0.5) is 16.2 Å². The minimum atomic E-state index is -0.123. The summed E-state index contributed by atoms with van der Waals surface area (Å²) in [6, 6.07) is 8.83. The zero-order valence-electron chi connectivity index (χ0n) is 20.6. The van der Waals surface area contributed by atoms with Gasteiger partial charge in [0.15, 0.2) is 0 Å². The lowest BCUT2D eigenvalue weighted by Gasteiger charge is -2.34. The molecule has 4 rings (SSSR count). The van der Waals surface area contributed by atoms with Gasteiger partial charge in [-0.25, -0.2) is 4.79 Å². The Morgan fingerprint density at radius 3 is 2.41 bits per heavy atom. The molecule has 3 aliphatic rings. The second-order valence-corrected chi connectivity index (χ2v) is 11.0. The Kier molecular flexibility index (Phi) is 6.34. The molecule has 0 bridgehead atoms. The van der Waals surface area contributed by atoms with Crippen molar-refractivity contribution in [2.45, 2.75) is 58.5 Å². The van der Waals surface area contributed by atoms with Crippen LogP contribution in [0.5, 0.6) is 0 Å². The van der Waals surface area contributed by atoms with Crippen molar-refractivity contribution in [3.05, 3.63) is 35.8 Å². The molecule has 0 radical (unpaired) electrons. The van der Waals surface area contributed by atoms with Gasteiger partial charge >= 0.3 is 12.9 Å². The van der Waals surface area contributed by atoms with Crippen LogP contribution in [0.3, 0.4) is 0 Å². The van der Waals surface area contributed by atoms with Gasteiger partial charge in [-0.2, -0.15) is 0 Å². The number of nitrogens with zero attached hydrogens (tertiary/aromatic N) is 3. The number of amides is 2. The quantitative estimate of drug-likeness (QED) is 0.710. The Morgan fingerprint density at radius 2 is 1.88 bits per heavy atom. The van der Waals surface area contributed by atoms with Crippen LogP contribution in [-0.2, 0) is 4.65 Å². The standard InChI is InChI=1S/C25H39BN4O2/c1-24(2)18-26(32-25(24,3)4)19-11-14-29(15-12-19)23(31)27-20-7-9-21(10-8-20)30-16-13-22(17-30)28(5)6/h7-11,22H,12-18H2,1-6H3,(H,27,31). The summed E-state index contributed by atoms with van der Waals surface area (Å²) in [7, 11) is 4.29. The molecule has 2 fully saturated rings. The molecular formula is C25H39BN4O2. The van der Waals surface area contributed by atoms with Gasteiger partial charge in [-0.3, -0.25) is 0 Å². The molecule has 6 nitrogen and oxygen atoms in total. The van der Waals surface area contributed by atoms with Crippen molar-refractivity contribution in [1.29, 1.82) is 0 Å². The van der Waals surface area contributed by atoms with Gasteiger partial charge in [-0.15, -0.1) is 0 Å². The molecule has 0 spiro atoms. The fourth-order valence-electron chi connectivity index (χ4n) is 4.99. The lowest BCUT2D eigenvalue weighted by atomic mass is 9.52. The van der Waals surface area contributed by atoms with Crippen LogP contribution in [0.15, 0.2) is 35.8 Å². The molecule has 1 aromatic rings. The lowest BCUT2D eigenvalue weighted by Crippen LogP contribution is -2.40. The van der Waals surface area contributed by atoms with Crippen molar-refractivity contribution in [3.63, 3.8) is 0 Å². The van der Waals surface area contributed by atoms with Gasteiger partial charge in [-0.05, 0) is 76.8 Å². The molecule has 174 valence electrons. The minimum Gasteiger partial charge on any atom is -0.426 e. The van der Waals surface area contributed by atoms with E-state index in [-0.39, 0.29) is 24.0 Å². The Bertz CT molecular complexity index is 849. The minimum absolute atomic E-state index is 0.0325. The highest BCUT2D eigenvalue weighted by Gasteiger charge is 2.50. The fourth-order valence-corrected chi connectivity index (χ4v) is 4.99. The molecule has 3 aliphatic heterocycles. The monoisotopic (exact) mass is 438 g/mol. The number of likely N-dealkylation sites (N-methyl/N-ethyl adjacent to an activating group) is 1. The summed E-state index contributed by atoms with van der Waals surface area (Å²) in [4.78, 5) is 19.4. The van der Waals surface area contributed by atoms with Crippen LogP contribution in [0.2, 0.25) is 6.32 Å². The van der Waals surface area contributed by atoms with Gasteiger partial charge in [0.1, 0.15) is 0 Å². The number of carbonyl (C=O) groups excluding carboxylic acids is 1. The molecule has 32 heavy (non-hydrogen) atoms. The maximum Gasteiger partial charge on any atom is 0.323 e. The van der Waals surface area contributed by atoms with Crippen LogP contribution in [0.25, 0.3) is 0 Å². The van der Waals surface area contributed by atoms with Crippen LogP contribution in [-0.4, -0.2) is 74.7 Å². The van der Waals surface area contributed by atoms with E-state index >= 15 is 0 Å². The molecule has 1 atom stereocenters. The summed E-state index contributed by atoms with van der Waals surface area (Å²) in [5.74, 6) is 0. The molecule has 1 N–H and O–H groups in total. The predicted octanol–water partition coefficient (Wildman–Crippen LogP) is 4.36. The van der Waals surface area contributed by atoms with Crippen LogP contribution in [0, 0.1) is 5.41 Å². The highest BCUT2D eigenvalue weighted by atomic mass is 16.5. The van der Waals surface area contributed by atoms with Crippen molar-refractivity contribution in [1.82, 2.24) is 9.80 Å².